The lowest BCUT2D eigenvalue weighted by Crippen LogP contribution is -2.04. The van der Waals surface area contributed by atoms with Crippen LogP contribution in [0.4, 0.5) is 4.39 Å². The molecule has 0 saturated heterocycles. The highest BCUT2D eigenvalue weighted by Gasteiger charge is 2.18. The Morgan fingerprint density at radius 1 is 1.47 bits per heavy atom. The first kappa shape index (κ1) is 14.1. The van der Waals surface area contributed by atoms with Crippen molar-refractivity contribution in [2.45, 2.75) is 17.7 Å². The number of carboxylic acids is 1. The molecule has 7 heteroatoms. The van der Waals surface area contributed by atoms with E-state index in [2.05, 4.69) is 15.9 Å². The maximum atomic E-state index is 13.6. The van der Waals surface area contributed by atoms with Crippen molar-refractivity contribution in [1.82, 2.24) is 0 Å². The summed E-state index contributed by atoms with van der Waals surface area (Å²) in [6.45, 7) is 0. The van der Waals surface area contributed by atoms with E-state index in [-0.39, 0.29) is 17.3 Å². The van der Waals surface area contributed by atoms with E-state index in [1.165, 1.54) is 6.07 Å². The summed E-state index contributed by atoms with van der Waals surface area (Å²) in [7, 11) is -3.65. The Morgan fingerprint density at radius 2 is 2.06 bits per heavy atom. The number of benzene rings is 1. The minimum absolute atomic E-state index is 0.111. The van der Waals surface area contributed by atoms with E-state index in [9.17, 15) is 17.6 Å². The first-order chi connectivity index (χ1) is 7.71. The van der Waals surface area contributed by atoms with Gasteiger partial charge in [-0.15, -0.1) is 0 Å². The second-order valence-corrected chi connectivity index (χ2v) is 6.36. The fraction of sp³-hybridized carbons (Fsp3) is 0.300. The second-order valence-electron chi connectivity index (χ2n) is 3.55. The molecule has 4 nitrogen and oxygen atoms in total. The van der Waals surface area contributed by atoms with E-state index in [1.807, 2.05) is 0 Å². The Kier molecular flexibility index (Phi) is 4.26. The highest BCUT2D eigenvalue weighted by molar-refractivity contribution is 9.10. The summed E-state index contributed by atoms with van der Waals surface area (Å²) in [4.78, 5) is 9.96. The van der Waals surface area contributed by atoms with Crippen LogP contribution >= 0.6 is 15.9 Å². The zero-order chi connectivity index (χ0) is 13.2. The van der Waals surface area contributed by atoms with Gasteiger partial charge in [0, 0.05) is 17.1 Å². The molecule has 0 atom stereocenters. The number of aliphatic carboxylic acids is 1. The van der Waals surface area contributed by atoms with Crippen molar-refractivity contribution in [3.05, 3.63) is 28.0 Å². The number of carbonyl (C=O) groups is 1. The van der Waals surface area contributed by atoms with Crippen LogP contribution in [-0.4, -0.2) is 25.7 Å². The van der Waals surface area contributed by atoms with Gasteiger partial charge in [0.05, 0.1) is 0 Å². The number of aryl methyl sites for hydroxylation is 1. The molecule has 0 amide bonds. The van der Waals surface area contributed by atoms with Crippen LogP contribution in [0, 0.1) is 5.82 Å². The predicted molar refractivity (Wildman–Crippen MR) is 63.2 cm³/mol. The molecule has 0 radical (unpaired) electrons. The molecular formula is C10H10BrFO4S. The van der Waals surface area contributed by atoms with Gasteiger partial charge >= 0.3 is 5.97 Å². The van der Waals surface area contributed by atoms with Gasteiger partial charge in [-0.3, -0.25) is 4.79 Å². The highest BCUT2D eigenvalue weighted by atomic mass is 79.9. The molecule has 0 spiro atoms. The van der Waals surface area contributed by atoms with Gasteiger partial charge in [0.1, 0.15) is 10.7 Å². The summed E-state index contributed by atoms with van der Waals surface area (Å²) in [5.41, 5.74) is 0.434. The Balaban J connectivity index is 3.15. The van der Waals surface area contributed by atoms with E-state index in [4.69, 9.17) is 5.11 Å². The summed E-state index contributed by atoms with van der Waals surface area (Å²) in [6.07, 6.45) is 0.923. The lowest BCUT2D eigenvalue weighted by Gasteiger charge is -2.07. The van der Waals surface area contributed by atoms with Gasteiger partial charge in [-0.1, -0.05) is 0 Å². The van der Waals surface area contributed by atoms with Crippen molar-refractivity contribution < 1.29 is 22.7 Å². The van der Waals surface area contributed by atoms with Crippen LogP contribution < -0.4 is 0 Å². The van der Waals surface area contributed by atoms with Gasteiger partial charge in [-0.2, -0.15) is 0 Å². The SMILES string of the molecule is CS(=O)(=O)c1c(F)cc(CCC(=O)O)cc1Br. The molecule has 0 heterocycles. The van der Waals surface area contributed by atoms with Gasteiger partial charge in [0.2, 0.25) is 0 Å². The Labute approximate surface area is 107 Å². The van der Waals surface area contributed by atoms with Gasteiger partial charge in [-0.05, 0) is 40.0 Å². The number of hydrogen-bond donors (Lipinski definition) is 1. The zero-order valence-electron chi connectivity index (χ0n) is 8.91. The molecule has 94 valence electrons. The summed E-state index contributed by atoms with van der Waals surface area (Å²) in [5, 5.41) is 8.50. The topological polar surface area (TPSA) is 71.4 Å². The molecule has 0 bridgehead atoms. The van der Waals surface area contributed by atoms with E-state index >= 15 is 0 Å². The molecular weight excluding hydrogens is 315 g/mol. The monoisotopic (exact) mass is 324 g/mol. The van der Waals surface area contributed by atoms with Crippen LogP contribution in [0.2, 0.25) is 0 Å². The van der Waals surface area contributed by atoms with Crippen molar-refractivity contribution in [1.29, 1.82) is 0 Å². The Morgan fingerprint density at radius 3 is 2.47 bits per heavy atom. The van der Waals surface area contributed by atoms with E-state index in [0.717, 1.165) is 12.3 Å². The maximum Gasteiger partial charge on any atom is 0.303 e. The predicted octanol–water partition coefficient (Wildman–Crippen LogP) is 2.01. The van der Waals surface area contributed by atoms with Crippen LogP contribution in [0.25, 0.3) is 0 Å². The number of halogens is 2. The van der Waals surface area contributed by atoms with Gasteiger partial charge in [-0.25, -0.2) is 12.8 Å². The lowest BCUT2D eigenvalue weighted by molar-refractivity contribution is -0.136. The molecule has 0 saturated carbocycles. The molecule has 1 aromatic rings. The molecule has 17 heavy (non-hydrogen) atoms. The number of sulfone groups is 1. The quantitative estimate of drug-likeness (QED) is 0.919. The number of hydrogen-bond acceptors (Lipinski definition) is 3. The van der Waals surface area contributed by atoms with Gasteiger partial charge < -0.3 is 5.11 Å². The average molecular weight is 325 g/mol. The molecule has 1 N–H and O–H groups in total. The van der Waals surface area contributed by atoms with Gasteiger partial charge in [0.25, 0.3) is 0 Å². The summed E-state index contributed by atoms with van der Waals surface area (Å²) in [5.74, 6) is -1.86. The Hall–Kier alpha value is -0.950. The summed E-state index contributed by atoms with van der Waals surface area (Å²) in [6, 6.07) is 2.46. The fourth-order valence-corrected chi connectivity index (χ4v) is 3.55. The smallest absolute Gasteiger partial charge is 0.303 e. The summed E-state index contributed by atoms with van der Waals surface area (Å²) < 4.78 is 36.3. The van der Waals surface area contributed by atoms with Crippen LogP contribution in [0.5, 0.6) is 0 Å². The van der Waals surface area contributed by atoms with Crippen molar-refractivity contribution in [2.24, 2.45) is 0 Å². The van der Waals surface area contributed by atoms with Crippen molar-refractivity contribution in [3.63, 3.8) is 0 Å². The molecule has 1 rings (SSSR count). The minimum Gasteiger partial charge on any atom is -0.481 e. The highest BCUT2D eigenvalue weighted by Crippen LogP contribution is 2.27. The average Bonchev–Trinajstić information content (AvgIpc) is 2.11. The largest absolute Gasteiger partial charge is 0.481 e. The van der Waals surface area contributed by atoms with Crippen LogP contribution in [0.15, 0.2) is 21.5 Å². The van der Waals surface area contributed by atoms with Crippen molar-refractivity contribution in [3.8, 4) is 0 Å². The summed E-state index contributed by atoms with van der Waals surface area (Å²) >= 11 is 2.97. The van der Waals surface area contributed by atoms with E-state index in [0.29, 0.717) is 5.56 Å². The number of carboxylic acid groups (broad SMARTS) is 1. The maximum absolute atomic E-state index is 13.6. The third-order valence-electron chi connectivity index (χ3n) is 2.06. The normalized spacial score (nSPS) is 11.5. The van der Waals surface area contributed by atoms with Crippen molar-refractivity contribution in [2.75, 3.05) is 6.26 Å². The molecule has 0 aliphatic rings. The molecule has 0 aliphatic carbocycles. The first-order valence-electron chi connectivity index (χ1n) is 4.61. The lowest BCUT2D eigenvalue weighted by atomic mass is 10.1. The first-order valence-corrected chi connectivity index (χ1v) is 7.30. The molecule has 0 unspecified atom stereocenters. The Bertz CT molecular complexity index is 530. The van der Waals surface area contributed by atoms with Crippen LogP contribution in [0.1, 0.15) is 12.0 Å². The van der Waals surface area contributed by atoms with E-state index < -0.39 is 26.5 Å². The van der Waals surface area contributed by atoms with Crippen molar-refractivity contribution >= 4 is 31.7 Å². The third kappa shape index (κ3) is 3.78. The minimum atomic E-state index is -3.65. The third-order valence-corrected chi connectivity index (χ3v) is 4.10. The standard InChI is InChI=1S/C10H10BrFO4S/c1-17(15,16)10-7(11)4-6(5-8(10)12)2-3-9(13)14/h4-5H,2-3H2,1H3,(H,13,14). The van der Waals surface area contributed by atoms with Crippen LogP contribution in [0.3, 0.4) is 0 Å². The number of rotatable bonds is 4. The van der Waals surface area contributed by atoms with E-state index in [1.54, 1.807) is 0 Å². The van der Waals surface area contributed by atoms with Gasteiger partial charge in [0.15, 0.2) is 9.84 Å². The van der Waals surface area contributed by atoms with Crippen LogP contribution in [-0.2, 0) is 21.1 Å². The zero-order valence-corrected chi connectivity index (χ0v) is 11.3. The molecule has 1 aromatic carbocycles. The molecule has 0 aromatic heterocycles. The fourth-order valence-electron chi connectivity index (χ4n) is 1.36. The molecule has 0 fully saturated rings. The molecule has 0 aliphatic heterocycles. The second kappa shape index (κ2) is 5.14.